The van der Waals surface area contributed by atoms with Crippen LogP contribution in [0, 0.1) is 0 Å². The van der Waals surface area contributed by atoms with E-state index in [1.165, 1.54) is 6.33 Å². The minimum atomic E-state index is -0.254. The summed E-state index contributed by atoms with van der Waals surface area (Å²) in [7, 11) is 0. The Morgan fingerprint density at radius 2 is 1.57 bits per heavy atom. The van der Waals surface area contributed by atoms with Gasteiger partial charge in [-0.15, -0.1) is 0 Å². The van der Waals surface area contributed by atoms with Gasteiger partial charge in [0, 0.05) is 11.1 Å². The summed E-state index contributed by atoms with van der Waals surface area (Å²) >= 11 is 0. The molecule has 1 amide bonds. The lowest BCUT2D eigenvalue weighted by molar-refractivity contribution is 0.102. The number of rotatable bonds is 7. The zero-order valence-corrected chi connectivity index (χ0v) is 21.4. The number of hydrogen-bond donors (Lipinski definition) is 3. The molecule has 0 aliphatic carbocycles. The van der Waals surface area contributed by atoms with Gasteiger partial charge >= 0.3 is 0 Å². The van der Waals surface area contributed by atoms with Gasteiger partial charge in [0.2, 0.25) is 0 Å². The van der Waals surface area contributed by atoms with Crippen LogP contribution in [0.25, 0.3) is 22.3 Å². The number of hydrogen-bond acceptors (Lipinski definition) is 7. The van der Waals surface area contributed by atoms with Crippen molar-refractivity contribution in [2.75, 3.05) is 16.8 Å². The number of nitrogen functional groups attached to an aromatic ring is 2. The van der Waals surface area contributed by atoms with Crippen molar-refractivity contribution >= 4 is 34.1 Å². The van der Waals surface area contributed by atoms with E-state index in [0.717, 1.165) is 16.9 Å². The molecule has 2 aromatic heterocycles. The monoisotopic (exact) mass is 527 g/mol. The molecule has 6 rings (SSSR count). The van der Waals surface area contributed by atoms with Crippen molar-refractivity contribution in [3.8, 4) is 22.8 Å². The molecule has 0 atom stereocenters. The molecule has 0 unspecified atom stereocenters. The van der Waals surface area contributed by atoms with Gasteiger partial charge in [0.05, 0.1) is 23.3 Å². The van der Waals surface area contributed by atoms with Gasteiger partial charge in [-0.1, -0.05) is 42.5 Å². The second kappa shape index (κ2) is 10.6. The SMILES string of the molecule is Nc1ccccc1NC(=O)c1cccc(Cn2nc(-c3ccc(Oc4ccccc4)cc3)c3c(N)ncnc32)c1. The molecular weight excluding hydrogens is 502 g/mol. The Balaban J connectivity index is 1.28. The first-order valence-electron chi connectivity index (χ1n) is 12.6. The minimum Gasteiger partial charge on any atom is -0.457 e. The van der Waals surface area contributed by atoms with E-state index in [0.29, 0.717) is 51.8 Å². The highest BCUT2D eigenvalue weighted by atomic mass is 16.5. The molecule has 40 heavy (non-hydrogen) atoms. The number of benzene rings is 4. The summed E-state index contributed by atoms with van der Waals surface area (Å²) in [6.07, 6.45) is 1.42. The number of para-hydroxylation sites is 3. The van der Waals surface area contributed by atoms with E-state index in [1.807, 2.05) is 84.9 Å². The van der Waals surface area contributed by atoms with E-state index >= 15 is 0 Å². The molecule has 0 fully saturated rings. The number of nitrogens with zero attached hydrogens (tertiary/aromatic N) is 4. The maximum Gasteiger partial charge on any atom is 0.255 e. The maximum atomic E-state index is 12.9. The van der Waals surface area contributed by atoms with E-state index in [2.05, 4.69) is 15.3 Å². The maximum absolute atomic E-state index is 12.9. The third-order valence-electron chi connectivity index (χ3n) is 6.40. The molecule has 9 nitrogen and oxygen atoms in total. The Bertz CT molecular complexity index is 1820. The molecule has 0 spiro atoms. The fourth-order valence-corrected chi connectivity index (χ4v) is 4.44. The smallest absolute Gasteiger partial charge is 0.255 e. The molecule has 9 heteroatoms. The van der Waals surface area contributed by atoms with Gasteiger partial charge < -0.3 is 21.5 Å². The minimum absolute atomic E-state index is 0.254. The second-order valence-corrected chi connectivity index (χ2v) is 9.15. The van der Waals surface area contributed by atoms with E-state index in [-0.39, 0.29) is 5.91 Å². The fraction of sp³-hybridized carbons (Fsp3) is 0.0323. The number of amides is 1. The number of nitrogens with two attached hydrogens (primary N) is 2. The summed E-state index contributed by atoms with van der Waals surface area (Å²) in [4.78, 5) is 21.6. The Morgan fingerprint density at radius 3 is 2.38 bits per heavy atom. The molecule has 0 saturated carbocycles. The topological polar surface area (TPSA) is 134 Å². The lowest BCUT2D eigenvalue weighted by atomic mass is 10.1. The van der Waals surface area contributed by atoms with Crippen LogP contribution in [0.1, 0.15) is 15.9 Å². The number of fused-ring (bicyclic) bond motifs is 1. The molecule has 0 saturated heterocycles. The summed E-state index contributed by atoms with van der Waals surface area (Å²) in [5.41, 5.74) is 16.8. The first-order valence-corrected chi connectivity index (χ1v) is 12.6. The van der Waals surface area contributed by atoms with Crippen molar-refractivity contribution in [1.29, 1.82) is 0 Å². The van der Waals surface area contributed by atoms with Crippen molar-refractivity contribution in [3.05, 3.63) is 121 Å². The Hall–Kier alpha value is -5.70. The molecular formula is C31H25N7O2. The van der Waals surface area contributed by atoms with Gasteiger partial charge in [0.15, 0.2) is 5.65 Å². The molecule has 0 radical (unpaired) electrons. The van der Waals surface area contributed by atoms with Gasteiger partial charge in [0.25, 0.3) is 5.91 Å². The summed E-state index contributed by atoms with van der Waals surface area (Å²) < 4.78 is 7.69. The highest BCUT2D eigenvalue weighted by molar-refractivity contribution is 6.05. The number of carbonyl (C=O) groups is 1. The van der Waals surface area contributed by atoms with Crippen molar-refractivity contribution in [2.45, 2.75) is 6.54 Å². The first kappa shape index (κ1) is 24.6. The van der Waals surface area contributed by atoms with Crippen molar-refractivity contribution in [2.24, 2.45) is 0 Å². The van der Waals surface area contributed by atoms with Crippen molar-refractivity contribution in [3.63, 3.8) is 0 Å². The highest BCUT2D eigenvalue weighted by Gasteiger charge is 2.18. The number of carbonyl (C=O) groups excluding carboxylic acids is 1. The van der Waals surface area contributed by atoms with Crippen LogP contribution >= 0.6 is 0 Å². The van der Waals surface area contributed by atoms with Crippen LogP contribution in [-0.4, -0.2) is 25.7 Å². The molecule has 196 valence electrons. The van der Waals surface area contributed by atoms with E-state index < -0.39 is 0 Å². The number of aromatic nitrogens is 4. The van der Waals surface area contributed by atoms with Gasteiger partial charge in [-0.05, 0) is 66.2 Å². The van der Waals surface area contributed by atoms with E-state index in [1.54, 1.807) is 22.9 Å². The largest absolute Gasteiger partial charge is 0.457 e. The Morgan fingerprint density at radius 1 is 0.825 bits per heavy atom. The lowest BCUT2D eigenvalue weighted by Gasteiger charge is -2.09. The van der Waals surface area contributed by atoms with Crippen LogP contribution in [0.5, 0.6) is 11.5 Å². The average molecular weight is 528 g/mol. The quantitative estimate of drug-likeness (QED) is 0.225. The molecule has 0 aliphatic heterocycles. The number of anilines is 3. The predicted octanol–water partition coefficient (Wildman–Crippen LogP) is 5.75. The van der Waals surface area contributed by atoms with Crippen LogP contribution < -0.4 is 21.5 Å². The van der Waals surface area contributed by atoms with E-state index in [9.17, 15) is 4.79 Å². The molecule has 5 N–H and O–H groups in total. The number of nitrogens with one attached hydrogen (secondary N) is 1. The zero-order valence-electron chi connectivity index (χ0n) is 21.4. The lowest BCUT2D eigenvalue weighted by Crippen LogP contribution is -2.13. The highest BCUT2D eigenvalue weighted by Crippen LogP contribution is 2.32. The Kier molecular flexibility index (Phi) is 6.51. The van der Waals surface area contributed by atoms with Crippen LogP contribution in [-0.2, 0) is 6.54 Å². The van der Waals surface area contributed by atoms with Gasteiger partial charge in [-0.2, -0.15) is 5.10 Å². The second-order valence-electron chi connectivity index (χ2n) is 9.15. The molecule has 4 aromatic carbocycles. The van der Waals surface area contributed by atoms with Gasteiger partial charge in [-0.3, -0.25) is 4.79 Å². The standard InChI is InChI=1S/C31H25N7O2/c32-25-11-4-5-12-26(25)36-31(39)22-8-6-7-20(17-22)18-38-30-27(29(33)34-19-35-30)28(37-38)21-13-15-24(16-14-21)40-23-9-2-1-3-10-23/h1-17,19H,18,32H2,(H,36,39)(H2,33,34,35). The summed E-state index contributed by atoms with van der Waals surface area (Å²) in [5, 5.41) is 8.39. The molecule has 0 aliphatic rings. The van der Waals surface area contributed by atoms with Crippen LogP contribution in [0.4, 0.5) is 17.2 Å². The van der Waals surface area contributed by atoms with Gasteiger partial charge in [-0.25, -0.2) is 14.6 Å². The summed E-state index contributed by atoms with van der Waals surface area (Å²) in [6.45, 7) is 0.372. The number of ether oxygens (including phenoxy) is 1. The van der Waals surface area contributed by atoms with E-state index in [4.69, 9.17) is 21.3 Å². The third-order valence-corrected chi connectivity index (χ3v) is 6.40. The molecule has 6 aromatic rings. The summed E-state index contributed by atoms with van der Waals surface area (Å²) in [5.74, 6) is 1.54. The van der Waals surface area contributed by atoms with Crippen molar-refractivity contribution < 1.29 is 9.53 Å². The van der Waals surface area contributed by atoms with Crippen molar-refractivity contribution in [1.82, 2.24) is 19.7 Å². The normalized spacial score (nSPS) is 10.9. The Labute approximate surface area is 230 Å². The van der Waals surface area contributed by atoms with Crippen LogP contribution in [0.2, 0.25) is 0 Å². The predicted molar refractivity (Wildman–Crippen MR) is 156 cm³/mol. The zero-order chi connectivity index (χ0) is 27.5. The molecule has 2 heterocycles. The average Bonchev–Trinajstić information content (AvgIpc) is 3.35. The first-order chi connectivity index (χ1) is 19.5. The third kappa shape index (κ3) is 5.03. The van der Waals surface area contributed by atoms with Crippen LogP contribution in [0.15, 0.2) is 109 Å². The van der Waals surface area contributed by atoms with Gasteiger partial charge in [0.1, 0.15) is 29.3 Å². The fourth-order valence-electron chi connectivity index (χ4n) is 4.44. The van der Waals surface area contributed by atoms with Crippen LogP contribution in [0.3, 0.4) is 0 Å². The summed E-state index contributed by atoms with van der Waals surface area (Å²) in [6, 6.07) is 31.7. The molecule has 0 bridgehead atoms.